The van der Waals surface area contributed by atoms with Gasteiger partial charge in [0.2, 0.25) is 0 Å². The molecule has 0 saturated heterocycles. The molecule has 2 rings (SSSR count). The number of hydrogen-bond acceptors (Lipinski definition) is 6. The number of primary amides is 1. The molecule has 0 spiro atoms. The van der Waals surface area contributed by atoms with Gasteiger partial charge in [0.25, 0.3) is 5.91 Å². The number of carboxylic acid groups (broad SMARTS) is 1. The zero-order chi connectivity index (χ0) is 13.1. The lowest BCUT2D eigenvalue weighted by Gasteiger charge is -1.97. The van der Waals surface area contributed by atoms with Gasteiger partial charge in [0, 0.05) is 10.3 Å². The molecule has 18 heavy (non-hydrogen) atoms. The minimum atomic E-state index is -0.956. The molecule has 2 aromatic rings. The van der Waals surface area contributed by atoms with Crippen LogP contribution in [0.4, 0.5) is 0 Å². The molecule has 0 unspecified atom stereocenters. The number of amides is 1. The molecule has 0 aliphatic heterocycles. The molecule has 0 aliphatic carbocycles. The van der Waals surface area contributed by atoms with E-state index in [4.69, 9.17) is 10.8 Å². The first-order valence-corrected chi connectivity index (χ1v) is 6.39. The SMILES string of the molecule is NC(=O)c1ccc(Sc2csc(C(=O)O)c2)nn1. The Morgan fingerprint density at radius 3 is 2.61 bits per heavy atom. The number of nitrogens with two attached hydrogens (primary N) is 1. The third kappa shape index (κ3) is 2.84. The fraction of sp³-hybridized carbons (Fsp3) is 0. The second-order valence-electron chi connectivity index (χ2n) is 3.17. The van der Waals surface area contributed by atoms with Gasteiger partial charge in [-0.05, 0) is 18.2 Å². The van der Waals surface area contributed by atoms with Crippen molar-refractivity contribution in [3.63, 3.8) is 0 Å². The Morgan fingerprint density at radius 2 is 2.11 bits per heavy atom. The normalized spacial score (nSPS) is 10.2. The molecule has 0 fully saturated rings. The second kappa shape index (κ2) is 5.15. The minimum Gasteiger partial charge on any atom is -0.477 e. The van der Waals surface area contributed by atoms with Crippen LogP contribution in [-0.2, 0) is 0 Å². The van der Waals surface area contributed by atoms with Crippen molar-refractivity contribution in [1.82, 2.24) is 10.2 Å². The smallest absolute Gasteiger partial charge is 0.345 e. The van der Waals surface area contributed by atoms with Gasteiger partial charge in [-0.2, -0.15) is 0 Å². The monoisotopic (exact) mass is 281 g/mol. The molecule has 3 N–H and O–H groups in total. The van der Waals surface area contributed by atoms with Crippen molar-refractivity contribution in [2.45, 2.75) is 9.92 Å². The van der Waals surface area contributed by atoms with E-state index >= 15 is 0 Å². The molecular weight excluding hydrogens is 274 g/mol. The van der Waals surface area contributed by atoms with Gasteiger partial charge >= 0.3 is 5.97 Å². The number of aromatic nitrogens is 2. The Kier molecular flexibility index (Phi) is 3.58. The topological polar surface area (TPSA) is 106 Å². The van der Waals surface area contributed by atoms with Crippen molar-refractivity contribution in [3.05, 3.63) is 34.2 Å². The molecule has 0 aliphatic rings. The van der Waals surface area contributed by atoms with Crippen molar-refractivity contribution in [2.75, 3.05) is 0 Å². The van der Waals surface area contributed by atoms with Crippen LogP contribution in [0.3, 0.4) is 0 Å². The zero-order valence-electron chi connectivity index (χ0n) is 8.86. The Hall–Kier alpha value is -1.93. The maximum absolute atomic E-state index is 10.8. The summed E-state index contributed by atoms with van der Waals surface area (Å²) in [5.41, 5.74) is 5.13. The molecule has 0 bridgehead atoms. The van der Waals surface area contributed by atoms with Crippen molar-refractivity contribution in [3.8, 4) is 0 Å². The molecule has 0 aromatic carbocycles. The van der Waals surface area contributed by atoms with E-state index in [-0.39, 0.29) is 10.6 Å². The lowest BCUT2D eigenvalue weighted by molar-refractivity contribution is 0.0701. The molecule has 8 heteroatoms. The molecule has 0 atom stereocenters. The molecule has 0 radical (unpaired) electrons. The molecule has 1 amide bonds. The number of carbonyl (C=O) groups is 2. The lowest BCUT2D eigenvalue weighted by atomic mass is 10.4. The average molecular weight is 281 g/mol. The Bertz CT molecular complexity index is 595. The zero-order valence-corrected chi connectivity index (χ0v) is 10.5. The maximum Gasteiger partial charge on any atom is 0.345 e. The molecule has 2 heterocycles. The van der Waals surface area contributed by atoms with E-state index in [0.29, 0.717) is 5.03 Å². The van der Waals surface area contributed by atoms with Gasteiger partial charge in [-0.3, -0.25) is 4.79 Å². The highest BCUT2D eigenvalue weighted by Crippen LogP contribution is 2.29. The number of nitrogens with zero attached hydrogens (tertiary/aromatic N) is 2. The molecule has 92 valence electrons. The van der Waals surface area contributed by atoms with E-state index in [1.54, 1.807) is 17.5 Å². The van der Waals surface area contributed by atoms with Gasteiger partial charge in [-0.25, -0.2) is 4.79 Å². The Balaban J connectivity index is 2.13. The summed E-state index contributed by atoms with van der Waals surface area (Å²) in [5.74, 6) is -1.59. The highest BCUT2D eigenvalue weighted by atomic mass is 32.2. The number of thiophene rings is 1. The first-order valence-electron chi connectivity index (χ1n) is 4.69. The van der Waals surface area contributed by atoms with Gasteiger partial charge in [0.05, 0.1) is 0 Å². The molecule has 6 nitrogen and oxygen atoms in total. The van der Waals surface area contributed by atoms with Gasteiger partial charge in [0.15, 0.2) is 5.69 Å². The fourth-order valence-electron chi connectivity index (χ4n) is 1.11. The first kappa shape index (κ1) is 12.5. The van der Waals surface area contributed by atoms with Crippen LogP contribution in [0.1, 0.15) is 20.2 Å². The lowest BCUT2D eigenvalue weighted by Crippen LogP contribution is -2.13. The minimum absolute atomic E-state index is 0.0934. The molecule has 2 aromatic heterocycles. The third-order valence-electron chi connectivity index (χ3n) is 1.90. The van der Waals surface area contributed by atoms with E-state index in [1.807, 2.05) is 0 Å². The van der Waals surface area contributed by atoms with Crippen LogP contribution in [-0.4, -0.2) is 27.2 Å². The Labute approximate surface area is 110 Å². The third-order valence-corrected chi connectivity index (χ3v) is 3.87. The number of carbonyl (C=O) groups excluding carboxylic acids is 1. The Morgan fingerprint density at radius 1 is 1.33 bits per heavy atom. The predicted octanol–water partition coefficient (Wildman–Crippen LogP) is 1.49. The summed E-state index contributed by atoms with van der Waals surface area (Å²) >= 11 is 2.41. The summed E-state index contributed by atoms with van der Waals surface area (Å²) in [6.45, 7) is 0. The largest absolute Gasteiger partial charge is 0.477 e. The van der Waals surface area contributed by atoms with Crippen LogP contribution in [0, 0.1) is 0 Å². The number of aromatic carboxylic acids is 1. The summed E-state index contributed by atoms with van der Waals surface area (Å²) in [5, 5.41) is 18.5. The number of carboxylic acids is 1. The van der Waals surface area contributed by atoms with Crippen LogP contribution in [0.25, 0.3) is 0 Å². The fourth-order valence-corrected chi connectivity index (χ4v) is 2.77. The second-order valence-corrected chi connectivity index (χ2v) is 5.18. The highest BCUT2D eigenvalue weighted by Gasteiger charge is 2.09. The first-order chi connectivity index (χ1) is 8.56. The quantitative estimate of drug-likeness (QED) is 0.879. The van der Waals surface area contributed by atoms with E-state index in [0.717, 1.165) is 16.2 Å². The van der Waals surface area contributed by atoms with Crippen molar-refractivity contribution in [2.24, 2.45) is 5.73 Å². The van der Waals surface area contributed by atoms with Gasteiger partial charge in [-0.1, -0.05) is 11.8 Å². The summed E-state index contributed by atoms with van der Waals surface area (Å²) < 4.78 is 0. The summed E-state index contributed by atoms with van der Waals surface area (Å²) in [6, 6.07) is 4.64. The van der Waals surface area contributed by atoms with Crippen LogP contribution in [0.2, 0.25) is 0 Å². The van der Waals surface area contributed by atoms with E-state index < -0.39 is 11.9 Å². The summed E-state index contributed by atoms with van der Waals surface area (Å²) in [4.78, 5) is 22.5. The van der Waals surface area contributed by atoms with Gasteiger partial charge in [0.1, 0.15) is 9.90 Å². The van der Waals surface area contributed by atoms with Crippen LogP contribution in [0.5, 0.6) is 0 Å². The standard InChI is InChI=1S/C10H7N3O3S2/c11-9(14)6-1-2-8(13-12-6)18-5-3-7(10(15)16)17-4-5/h1-4H,(H2,11,14)(H,15,16). The van der Waals surface area contributed by atoms with Crippen molar-refractivity contribution >= 4 is 35.0 Å². The van der Waals surface area contributed by atoms with Gasteiger partial charge < -0.3 is 10.8 Å². The summed E-state index contributed by atoms with van der Waals surface area (Å²) in [7, 11) is 0. The number of rotatable bonds is 4. The summed E-state index contributed by atoms with van der Waals surface area (Å²) in [6.07, 6.45) is 0. The van der Waals surface area contributed by atoms with E-state index in [9.17, 15) is 9.59 Å². The van der Waals surface area contributed by atoms with Crippen LogP contribution >= 0.6 is 23.1 Å². The highest BCUT2D eigenvalue weighted by molar-refractivity contribution is 7.99. The molecular formula is C10H7N3O3S2. The van der Waals surface area contributed by atoms with Gasteiger partial charge in [-0.15, -0.1) is 21.5 Å². The maximum atomic E-state index is 10.8. The number of hydrogen-bond donors (Lipinski definition) is 2. The predicted molar refractivity (Wildman–Crippen MR) is 66.0 cm³/mol. The van der Waals surface area contributed by atoms with Crippen LogP contribution < -0.4 is 5.73 Å². The van der Waals surface area contributed by atoms with Crippen molar-refractivity contribution < 1.29 is 14.7 Å². The van der Waals surface area contributed by atoms with E-state index in [1.165, 1.54) is 17.8 Å². The molecule has 0 saturated carbocycles. The van der Waals surface area contributed by atoms with Crippen molar-refractivity contribution in [1.29, 1.82) is 0 Å². The average Bonchev–Trinajstić information content (AvgIpc) is 2.78. The van der Waals surface area contributed by atoms with Crippen LogP contribution in [0.15, 0.2) is 33.5 Å². The van der Waals surface area contributed by atoms with E-state index in [2.05, 4.69) is 10.2 Å².